The van der Waals surface area contributed by atoms with Crippen LogP contribution in [0, 0.1) is 0 Å². The van der Waals surface area contributed by atoms with Gasteiger partial charge in [0.1, 0.15) is 4.90 Å². The number of fused-ring (bicyclic) bond motifs is 1. The second-order valence-corrected chi connectivity index (χ2v) is 10.6. The average molecular weight is 463 g/mol. The highest BCUT2D eigenvalue weighted by Crippen LogP contribution is 2.30. The average Bonchev–Trinajstić information content (AvgIpc) is 3.18. The Hall–Kier alpha value is -1.84. The second kappa shape index (κ2) is 9.53. The zero-order chi connectivity index (χ0) is 21.0. The van der Waals surface area contributed by atoms with E-state index in [1.54, 1.807) is 23.6 Å². The van der Waals surface area contributed by atoms with Gasteiger partial charge in [0.05, 0.1) is 16.7 Å². The monoisotopic (exact) mass is 462 g/mol. The molecule has 0 radical (unpaired) electrons. The molecule has 0 bridgehead atoms. The molecule has 0 fully saturated rings. The fourth-order valence-corrected chi connectivity index (χ4v) is 5.82. The van der Waals surface area contributed by atoms with E-state index < -0.39 is 10.0 Å². The molecule has 4 rings (SSSR count). The van der Waals surface area contributed by atoms with E-state index in [9.17, 15) is 8.42 Å². The van der Waals surface area contributed by atoms with Gasteiger partial charge in [0, 0.05) is 41.8 Å². The molecule has 0 saturated carbocycles. The number of aromatic nitrogens is 2. The van der Waals surface area contributed by atoms with Gasteiger partial charge in [0.2, 0.25) is 10.0 Å². The van der Waals surface area contributed by atoms with Gasteiger partial charge in [-0.05, 0) is 49.1 Å². The van der Waals surface area contributed by atoms with E-state index in [0.717, 1.165) is 41.5 Å². The molecule has 0 spiro atoms. The highest BCUT2D eigenvalue weighted by molar-refractivity contribution is 7.89. The number of hydrogen-bond donors (Lipinski definition) is 2. The third-order valence-corrected chi connectivity index (χ3v) is 7.89. The summed E-state index contributed by atoms with van der Waals surface area (Å²) in [7, 11) is -3.51. The smallest absolute Gasteiger partial charge is 0.242 e. The summed E-state index contributed by atoms with van der Waals surface area (Å²) >= 11 is 7.74. The molecule has 2 aromatic heterocycles. The van der Waals surface area contributed by atoms with Crippen LogP contribution in [-0.4, -0.2) is 31.5 Å². The van der Waals surface area contributed by atoms with Crippen molar-refractivity contribution in [1.82, 2.24) is 20.0 Å². The van der Waals surface area contributed by atoms with Gasteiger partial charge in [-0.2, -0.15) is 0 Å². The number of thiazole rings is 1. The normalized spacial score (nSPS) is 16.4. The molecule has 6 nitrogen and oxygen atoms in total. The lowest BCUT2D eigenvalue weighted by Gasteiger charge is -2.23. The molecule has 9 heteroatoms. The third kappa shape index (κ3) is 5.25. The van der Waals surface area contributed by atoms with Gasteiger partial charge < -0.3 is 5.32 Å². The molecule has 158 valence electrons. The Morgan fingerprint density at radius 1 is 1.23 bits per heavy atom. The molecule has 3 heterocycles. The lowest BCUT2D eigenvalue weighted by molar-refractivity contribution is 0.495. The Kier molecular flexibility index (Phi) is 6.80. The van der Waals surface area contributed by atoms with E-state index in [0.29, 0.717) is 13.0 Å². The van der Waals surface area contributed by atoms with Crippen molar-refractivity contribution in [1.29, 1.82) is 0 Å². The molecule has 0 aliphatic carbocycles. The van der Waals surface area contributed by atoms with Crippen molar-refractivity contribution in [2.75, 3.05) is 13.1 Å². The van der Waals surface area contributed by atoms with Gasteiger partial charge in [-0.25, -0.2) is 18.1 Å². The molecular weight excluding hydrogens is 440 g/mol. The minimum atomic E-state index is -3.51. The topological polar surface area (TPSA) is 84.0 Å². The number of halogens is 1. The number of nitrogens with one attached hydrogen (secondary N) is 2. The van der Waals surface area contributed by atoms with E-state index in [4.69, 9.17) is 16.6 Å². The molecule has 1 atom stereocenters. The van der Waals surface area contributed by atoms with Crippen LogP contribution in [0.2, 0.25) is 5.02 Å². The molecule has 30 heavy (non-hydrogen) atoms. The van der Waals surface area contributed by atoms with E-state index in [1.807, 2.05) is 12.1 Å². The molecule has 1 unspecified atom stereocenters. The van der Waals surface area contributed by atoms with Crippen molar-refractivity contribution in [3.8, 4) is 0 Å². The predicted octanol–water partition coefficient (Wildman–Crippen LogP) is 3.53. The summed E-state index contributed by atoms with van der Waals surface area (Å²) in [5.41, 5.74) is 2.36. The van der Waals surface area contributed by atoms with Gasteiger partial charge in [-0.1, -0.05) is 23.7 Å². The summed E-state index contributed by atoms with van der Waals surface area (Å²) in [6.45, 7) is 1.31. The van der Waals surface area contributed by atoms with E-state index in [2.05, 4.69) is 27.2 Å². The van der Waals surface area contributed by atoms with Crippen molar-refractivity contribution < 1.29 is 8.42 Å². The number of rotatable bonds is 8. The molecule has 0 amide bonds. The zero-order valence-electron chi connectivity index (χ0n) is 16.3. The molecule has 1 aliphatic heterocycles. The molecule has 3 aromatic rings. The largest absolute Gasteiger partial charge is 0.308 e. The van der Waals surface area contributed by atoms with Crippen LogP contribution in [0.1, 0.15) is 33.6 Å². The van der Waals surface area contributed by atoms with Crippen LogP contribution in [0.5, 0.6) is 0 Å². The van der Waals surface area contributed by atoms with Crippen molar-refractivity contribution in [2.24, 2.45) is 0 Å². The standard InChI is InChI=1S/C21H23ClN4O2S2/c22-16-7-5-15(6-8-16)13-18-21-19(9-12-24-18)29-20(26-21)4-2-11-25-30(27,28)17-3-1-10-23-14-17/h1,3,5-8,10,14,18,24-25H,2,4,9,11-13H2. The third-order valence-electron chi connectivity index (χ3n) is 5.00. The summed E-state index contributed by atoms with van der Waals surface area (Å²) in [6.07, 6.45) is 6.21. The Morgan fingerprint density at radius 2 is 2.07 bits per heavy atom. The maximum Gasteiger partial charge on any atom is 0.242 e. The van der Waals surface area contributed by atoms with E-state index in [1.165, 1.54) is 22.7 Å². The first-order chi connectivity index (χ1) is 14.5. The summed E-state index contributed by atoms with van der Waals surface area (Å²) in [6, 6.07) is 11.3. The number of pyridine rings is 1. The van der Waals surface area contributed by atoms with E-state index >= 15 is 0 Å². The first-order valence-corrected chi connectivity index (χ1v) is 12.5. The Labute approximate surface area is 185 Å². The molecule has 0 saturated heterocycles. The van der Waals surface area contributed by atoms with Crippen molar-refractivity contribution in [2.45, 2.75) is 36.6 Å². The quantitative estimate of drug-likeness (QED) is 0.500. The summed E-state index contributed by atoms with van der Waals surface area (Å²) in [5, 5.41) is 5.37. The highest BCUT2D eigenvalue weighted by atomic mass is 35.5. The number of sulfonamides is 1. The molecule has 1 aromatic carbocycles. The van der Waals surface area contributed by atoms with E-state index in [-0.39, 0.29) is 10.9 Å². The highest BCUT2D eigenvalue weighted by Gasteiger charge is 2.24. The van der Waals surface area contributed by atoms with Crippen LogP contribution < -0.4 is 10.0 Å². The number of hydrogen-bond acceptors (Lipinski definition) is 6. The summed E-state index contributed by atoms with van der Waals surface area (Å²) in [4.78, 5) is 10.3. The van der Waals surface area contributed by atoms with Gasteiger partial charge in [0.15, 0.2) is 0 Å². The first-order valence-electron chi connectivity index (χ1n) is 9.87. The lowest BCUT2D eigenvalue weighted by atomic mass is 9.99. The zero-order valence-corrected chi connectivity index (χ0v) is 18.7. The van der Waals surface area contributed by atoms with Crippen LogP contribution in [0.25, 0.3) is 0 Å². The predicted molar refractivity (Wildman–Crippen MR) is 119 cm³/mol. The fraction of sp³-hybridized carbons (Fsp3) is 0.333. The first kappa shape index (κ1) is 21.4. The van der Waals surface area contributed by atoms with Crippen LogP contribution in [0.4, 0.5) is 0 Å². The number of benzene rings is 1. The van der Waals surface area contributed by atoms with Gasteiger partial charge >= 0.3 is 0 Å². The SMILES string of the molecule is O=S(=O)(NCCCc1nc2c(s1)CCNC2Cc1ccc(Cl)cc1)c1cccnc1. The van der Waals surface area contributed by atoms with Crippen LogP contribution >= 0.6 is 22.9 Å². The Balaban J connectivity index is 1.34. The second-order valence-electron chi connectivity index (χ2n) is 7.19. The van der Waals surface area contributed by atoms with Gasteiger partial charge in [0.25, 0.3) is 0 Å². The van der Waals surface area contributed by atoms with Gasteiger partial charge in [-0.3, -0.25) is 4.98 Å². The minimum absolute atomic E-state index is 0.186. The maximum absolute atomic E-state index is 12.3. The van der Waals surface area contributed by atoms with Crippen LogP contribution in [-0.2, 0) is 29.3 Å². The minimum Gasteiger partial charge on any atom is -0.308 e. The number of aryl methyl sites for hydroxylation is 1. The number of nitrogens with zero attached hydrogens (tertiary/aromatic N) is 2. The Bertz CT molecular complexity index is 1090. The van der Waals surface area contributed by atoms with Crippen LogP contribution in [0.3, 0.4) is 0 Å². The molecule has 1 aliphatic rings. The van der Waals surface area contributed by atoms with Crippen LogP contribution in [0.15, 0.2) is 53.7 Å². The lowest BCUT2D eigenvalue weighted by Crippen LogP contribution is -2.30. The van der Waals surface area contributed by atoms with Gasteiger partial charge in [-0.15, -0.1) is 11.3 Å². The maximum atomic E-state index is 12.3. The Morgan fingerprint density at radius 3 is 2.83 bits per heavy atom. The molecule has 2 N–H and O–H groups in total. The molecular formula is C21H23ClN4O2S2. The fourth-order valence-electron chi connectivity index (χ4n) is 3.49. The summed E-state index contributed by atoms with van der Waals surface area (Å²) < 4.78 is 27.2. The summed E-state index contributed by atoms with van der Waals surface area (Å²) in [5.74, 6) is 0. The van der Waals surface area contributed by atoms with Crippen molar-refractivity contribution in [3.05, 3.63) is 75.0 Å². The van der Waals surface area contributed by atoms with Crippen molar-refractivity contribution in [3.63, 3.8) is 0 Å². The van der Waals surface area contributed by atoms with Crippen molar-refractivity contribution >= 4 is 33.0 Å².